The maximum atomic E-state index is 5.87. The molecule has 2 N–H and O–H groups in total. The zero-order valence-electron chi connectivity index (χ0n) is 12.7. The first-order chi connectivity index (χ1) is 9.00. The Bertz CT molecular complexity index is 423. The number of nitrogens with two attached hydrogens (primary N) is 1. The smallest absolute Gasteiger partial charge is 0.0317 e. The molecule has 0 atom stereocenters. The van der Waals surface area contributed by atoms with Crippen molar-refractivity contribution in [2.45, 2.75) is 59.5 Å². The second-order valence-electron chi connectivity index (χ2n) is 6.79. The van der Waals surface area contributed by atoms with Gasteiger partial charge in [0, 0.05) is 25.3 Å². The Labute approximate surface area is 118 Å². The van der Waals surface area contributed by atoms with Crippen molar-refractivity contribution in [1.82, 2.24) is 4.90 Å². The molecule has 2 nitrogen and oxygen atoms in total. The molecule has 19 heavy (non-hydrogen) atoms. The van der Waals surface area contributed by atoms with Crippen LogP contribution in [0.25, 0.3) is 0 Å². The second-order valence-corrected chi connectivity index (χ2v) is 6.79. The molecule has 0 amide bonds. The number of benzene rings is 1. The minimum atomic E-state index is 0.419. The van der Waals surface area contributed by atoms with E-state index in [0.717, 1.165) is 18.8 Å². The monoisotopic (exact) mass is 260 g/mol. The van der Waals surface area contributed by atoms with E-state index in [1.165, 1.54) is 43.4 Å². The van der Waals surface area contributed by atoms with Gasteiger partial charge in [0.2, 0.25) is 0 Å². The molecule has 0 spiro atoms. The molecule has 0 fully saturated rings. The van der Waals surface area contributed by atoms with Crippen LogP contribution in [0.4, 0.5) is 5.69 Å². The van der Waals surface area contributed by atoms with Gasteiger partial charge in [-0.2, -0.15) is 0 Å². The van der Waals surface area contributed by atoms with E-state index in [2.05, 4.69) is 37.8 Å². The van der Waals surface area contributed by atoms with E-state index in [0.29, 0.717) is 5.41 Å². The quantitative estimate of drug-likeness (QED) is 0.614. The first-order valence-corrected chi connectivity index (χ1v) is 7.60. The summed E-state index contributed by atoms with van der Waals surface area (Å²) in [4.78, 5) is 2.57. The third kappa shape index (κ3) is 3.97. The van der Waals surface area contributed by atoms with Gasteiger partial charge >= 0.3 is 0 Å². The van der Waals surface area contributed by atoms with E-state index in [1.807, 2.05) is 6.07 Å². The predicted molar refractivity (Wildman–Crippen MR) is 82.9 cm³/mol. The molecule has 1 aliphatic heterocycles. The van der Waals surface area contributed by atoms with Crippen LogP contribution in [-0.2, 0) is 13.1 Å². The molecule has 0 radical (unpaired) electrons. The van der Waals surface area contributed by atoms with Crippen LogP contribution in [0.15, 0.2) is 18.2 Å². The van der Waals surface area contributed by atoms with Gasteiger partial charge in [0.05, 0.1) is 0 Å². The van der Waals surface area contributed by atoms with Crippen LogP contribution < -0.4 is 5.73 Å². The van der Waals surface area contributed by atoms with Gasteiger partial charge in [-0.1, -0.05) is 46.1 Å². The minimum Gasteiger partial charge on any atom is -0.399 e. The van der Waals surface area contributed by atoms with Gasteiger partial charge in [0.15, 0.2) is 0 Å². The van der Waals surface area contributed by atoms with Crippen molar-refractivity contribution in [1.29, 1.82) is 0 Å². The molecular formula is C17H28N2. The van der Waals surface area contributed by atoms with Crippen LogP contribution >= 0.6 is 0 Å². The van der Waals surface area contributed by atoms with E-state index < -0.39 is 0 Å². The molecule has 0 aromatic heterocycles. The lowest BCUT2D eigenvalue weighted by Gasteiger charge is -2.30. The van der Waals surface area contributed by atoms with Crippen LogP contribution in [0.3, 0.4) is 0 Å². The molecule has 1 heterocycles. The largest absolute Gasteiger partial charge is 0.399 e. The summed E-state index contributed by atoms with van der Waals surface area (Å²) in [6.07, 6.45) is 5.36. The highest BCUT2D eigenvalue weighted by Crippen LogP contribution is 2.30. The average Bonchev–Trinajstić information content (AvgIpc) is 2.69. The maximum Gasteiger partial charge on any atom is 0.0317 e. The first kappa shape index (κ1) is 14.4. The highest BCUT2D eigenvalue weighted by molar-refractivity contribution is 5.46. The molecule has 0 saturated heterocycles. The molecule has 2 heteroatoms. The summed E-state index contributed by atoms with van der Waals surface area (Å²) in [6, 6.07) is 6.35. The molecule has 0 aliphatic carbocycles. The number of anilines is 1. The number of fused-ring (bicyclic) bond motifs is 1. The van der Waals surface area contributed by atoms with Crippen LogP contribution in [0.2, 0.25) is 0 Å². The standard InChI is InChI=1S/C17H28N2/c1-4-5-6-9-17(2,3)13-19-11-14-7-8-16(18)10-15(14)12-19/h7-8,10H,4-6,9,11-13,18H2,1-3H3. The fourth-order valence-corrected chi connectivity index (χ4v) is 3.13. The summed E-state index contributed by atoms with van der Waals surface area (Å²) >= 11 is 0. The van der Waals surface area contributed by atoms with Crippen molar-refractivity contribution in [2.24, 2.45) is 5.41 Å². The van der Waals surface area contributed by atoms with Crippen LogP contribution in [0.5, 0.6) is 0 Å². The lowest BCUT2D eigenvalue weighted by atomic mass is 9.86. The van der Waals surface area contributed by atoms with Crippen LogP contribution in [0.1, 0.15) is 57.6 Å². The molecule has 0 saturated carbocycles. The van der Waals surface area contributed by atoms with Crippen molar-refractivity contribution in [3.8, 4) is 0 Å². The lowest BCUT2D eigenvalue weighted by molar-refractivity contribution is 0.166. The normalized spacial score (nSPS) is 15.7. The third-order valence-electron chi connectivity index (χ3n) is 4.13. The summed E-state index contributed by atoms with van der Waals surface area (Å²) in [6.45, 7) is 10.4. The summed E-state index contributed by atoms with van der Waals surface area (Å²) in [5, 5.41) is 0. The van der Waals surface area contributed by atoms with Gasteiger partial charge in [0.1, 0.15) is 0 Å². The summed E-state index contributed by atoms with van der Waals surface area (Å²) in [5.74, 6) is 0. The zero-order valence-corrected chi connectivity index (χ0v) is 12.7. The molecule has 0 unspecified atom stereocenters. The molecule has 2 rings (SSSR count). The first-order valence-electron chi connectivity index (χ1n) is 7.60. The Morgan fingerprint density at radius 3 is 2.63 bits per heavy atom. The lowest BCUT2D eigenvalue weighted by Crippen LogP contribution is -2.30. The molecule has 0 bridgehead atoms. The predicted octanol–water partition coefficient (Wildman–Crippen LogP) is 4.19. The molecule has 106 valence electrons. The van der Waals surface area contributed by atoms with Crippen molar-refractivity contribution in [3.05, 3.63) is 29.3 Å². The summed E-state index contributed by atoms with van der Waals surface area (Å²) in [7, 11) is 0. The zero-order chi connectivity index (χ0) is 13.9. The highest BCUT2D eigenvalue weighted by atomic mass is 15.1. The Kier molecular flexibility index (Phi) is 4.51. The SMILES string of the molecule is CCCCCC(C)(C)CN1Cc2ccc(N)cc2C1. The van der Waals surface area contributed by atoms with Crippen LogP contribution in [-0.4, -0.2) is 11.4 Å². The number of unbranched alkanes of at least 4 members (excludes halogenated alkanes) is 2. The molecule has 1 aliphatic rings. The van der Waals surface area contributed by atoms with Crippen LogP contribution in [0, 0.1) is 5.41 Å². The van der Waals surface area contributed by atoms with Gasteiger partial charge in [0.25, 0.3) is 0 Å². The number of hydrogen-bond acceptors (Lipinski definition) is 2. The molecule has 1 aromatic rings. The fraction of sp³-hybridized carbons (Fsp3) is 0.647. The van der Waals surface area contributed by atoms with E-state index in [1.54, 1.807) is 0 Å². The fourth-order valence-electron chi connectivity index (χ4n) is 3.13. The third-order valence-corrected chi connectivity index (χ3v) is 4.13. The van der Waals surface area contributed by atoms with Crippen molar-refractivity contribution >= 4 is 5.69 Å². The van der Waals surface area contributed by atoms with Crippen molar-refractivity contribution < 1.29 is 0 Å². The Hall–Kier alpha value is -1.02. The van der Waals surface area contributed by atoms with E-state index in [9.17, 15) is 0 Å². The number of nitrogen functional groups attached to an aromatic ring is 1. The average molecular weight is 260 g/mol. The number of rotatable bonds is 6. The summed E-state index contributed by atoms with van der Waals surface area (Å²) < 4.78 is 0. The van der Waals surface area contributed by atoms with E-state index >= 15 is 0 Å². The van der Waals surface area contributed by atoms with Crippen molar-refractivity contribution in [3.63, 3.8) is 0 Å². The topological polar surface area (TPSA) is 29.3 Å². The second kappa shape index (κ2) is 5.96. The van der Waals surface area contributed by atoms with E-state index in [-0.39, 0.29) is 0 Å². The molecular weight excluding hydrogens is 232 g/mol. The van der Waals surface area contributed by atoms with Gasteiger partial charge < -0.3 is 5.73 Å². The maximum absolute atomic E-state index is 5.87. The minimum absolute atomic E-state index is 0.419. The number of hydrogen-bond donors (Lipinski definition) is 1. The highest BCUT2D eigenvalue weighted by Gasteiger charge is 2.25. The van der Waals surface area contributed by atoms with Gasteiger partial charge in [-0.25, -0.2) is 0 Å². The van der Waals surface area contributed by atoms with Gasteiger partial charge in [-0.05, 0) is 35.1 Å². The summed E-state index contributed by atoms with van der Waals surface area (Å²) in [5.41, 5.74) is 10.1. The Morgan fingerprint density at radius 1 is 1.16 bits per heavy atom. The number of nitrogens with zero attached hydrogens (tertiary/aromatic N) is 1. The molecule has 1 aromatic carbocycles. The van der Waals surface area contributed by atoms with Gasteiger partial charge in [-0.15, -0.1) is 0 Å². The van der Waals surface area contributed by atoms with E-state index in [4.69, 9.17) is 5.73 Å². The van der Waals surface area contributed by atoms with Crippen molar-refractivity contribution in [2.75, 3.05) is 12.3 Å². The Morgan fingerprint density at radius 2 is 1.89 bits per heavy atom. The van der Waals surface area contributed by atoms with Gasteiger partial charge in [-0.3, -0.25) is 4.90 Å². The Balaban J connectivity index is 1.88.